The van der Waals surface area contributed by atoms with Crippen LogP contribution in [0, 0.1) is 23.1 Å². The highest BCUT2D eigenvalue weighted by Crippen LogP contribution is 2.29. The van der Waals surface area contributed by atoms with Gasteiger partial charge in [-0.2, -0.15) is 10.4 Å². The van der Waals surface area contributed by atoms with Gasteiger partial charge >= 0.3 is 7.12 Å². The van der Waals surface area contributed by atoms with E-state index in [1.165, 1.54) is 16.9 Å². The first-order chi connectivity index (χ1) is 13.5. The van der Waals surface area contributed by atoms with Crippen LogP contribution in [0.4, 0.5) is 15.9 Å². The first-order valence-corrected chi connectivity index (χ1v) is 8.73. The van der Waals surface area contributed by atoms with Crippen molar-refractivity contribution in [2.45, 2.75) is 19.1 Å². The molecule has 2 aliphatic heterocycles. The summed E-state index contributed by atoms with van der Waals surface area (Å²) in [6.07, 6.45) is 2.03. The molecule has 0 unspecified atom stereocenters. The van der Waals surface area contributed by atoms with Crippen LogP contribution in [0.5, 0.6) is 0 Å². The molecule has 4 N–H and O–H groups in total. The second-order valence-corrected chi connectivity index (χ2v) is 6.72. The molecule has 1 fully saturated rings. The summed E-state index contributed by atoms with van der Waals surface area (Å²) in [4.78, 5) is 11.9. The van der Waals surface area contributed by atoms with Crippen molar-refractivity contribution in [2.24, 2.45) is 11.7 Å². The summed E-state index contributed by atoms with van der Waals surface area (Å²) in [6.45, 7) is 0.857. The number of hydrogen-bond acceptors (Lipinski definition) is 7. The van der Waals surface area contributed by atoms with Crippen molar-refractivity contribution in [3.63, 3.8) is 0 Å². The lowest BCUT2D eigenvalue weighted by atomic mass is 9.79. The number of hydrogen-bond donors (Lipinski definition) is 3. The minimum Gasteiger partial charge on any atom is -0.423 e. The first kappa shape index (κ1) is 18.4. The van der Waals surface area contributed by atoms with Crippen molar-refractivity contribution in [2.75, 3.05) is 18.5 Å². The summed E-state index contributed by atoms with van der Waals surface area (Å²) >= 11 is 0. The number of amides is 1. The van der Waals surface area contributed by atoms with E-state index in [2.05, 4.69) is 16.5 Å². The third-order valence-corrected chi connectivity index (χ3v) is 4.95. The topological polar surface area (TPSA) is 135 Å². The summed E-state index contributed by atoms with van der Waals surface area (Å²) in [5, 5.41) is 26.3. The van der Waals surface area contributed by atoms with E-state index >= 15 is 0 Å². The van der Waals surface area contributed by atoms with Gasteiger partial charge in [-0.25, -0.2) is 4.39 Å². The Kier molecular flexibility index (Phi) is 4.76. The second-order valence-electron chi connectivity index (χ2n) is 6.72. The number of halogens is 1. The zero-order chi connectivity index (χ0) is 19.8. The molecule has 3 heterocycles. The van der Waals surface area contributed by atoms with Crippen LogP contribution in [0.2, 0.25) is 0 Å². The van der Waals surface area contributed by atoms with Crippen molar-refractivity contribution in [3.8, 4) is 6.07 Å². The van der Waals surface area contributed by atoms with Crippen molar-refractivity contribution in [1.82, 2.24) is 9.78 Å². The van der Waals surface area contributed by atoms with Gasteiger partial charge in [0.2, 0.25) is 0 Å². The van der Waals surface area contributed by atoms with E-state index in [4.69, 9.17) is 15.1 Å². The van der Waals surface area contributed by atoms with Gasteiger partial charge in [0, 0.05) is 24.0 Å². The maximum absolute atomic E-state index is 14.3. The smallest absolute Gasteiger partial charge is 0.423 e. The van der Waals surface area contributed by atoms with Crippen LogP contribution in [0.25, 0.3) is 0 Å². The Labute approximate surface area is 160 Å². The predicted octanol–water partition coefficient (Wildman–Crippen LogP) is 0.184. The Morgan fingerprint density at radius 3 is 3.11 bits per heavy atom. The minimum atomic E-state index is -1.29. The van der Waals surface area contributed by atoms with Crippen LogP contribution in [0.3, 0.4) is 0 Å². The molecule has 11 heteroatoms. The van der Waals surface area contributed by atoms with E-state index in [9.17, 15) is 19.5 Å². The predicted molar refractivity (Wildman–Crippen MR) is 96.4 cm³/mol. The fourth-order valence-electron chi connectivity index (χ4n) is 3.50. The number of nitrogens with zero attached hydrogens (tertiary/aromatic N) is 3. The van der Waals surface area contributed by atoms with Crippen LogP contribution in [-0.2, 0) is 16.0 Å². The summed E-state index contributed by atoms with van der Waals surface area (Å²) in [5.41, 5.74) is 6.50. The van der Waals surface area contributed by atoms with Crippen molar-refractivity contribution in [1.29, 1.82) is 5.26 Å². The lowest BCUT2D eigenvalue weighted by Gasteiger charge is -2.26. The number of aromatic nitrogens is 2. The van der Waals surface area contributed by atoms with E-state index in [1.807, 2.05) is 0 Å². The summed E-state index contributed by atoms with van der Waals surface area (Å²) in [7, 11) is -1.29. The Morgan fingerprint density at radius 1 is 1.54 bits per heavy atom. The highest BCUT2D eigenvalue weighted by molar-refractivity contribution is 6.61. The molecule has 0 spiro atoms. The number of nitrogens with two attached hydrogens (primary N) is 1. The fraction of sp³-hybridized carbons (Fsp3) is 0.353. The van der Waals surface area contributed by atoms with Crippen LogP contribution in [0.1, 0.15) is 28.4 Å². The number of benzene rings is 1. The van der Waals surface area contributed by atoms with Gasteiger partial charge in [0.05, 0.1) is 31.2 Å². The van der Waals surface area contributed by atoms with E-state index in [0.717, 1.165) is 0 Å². The van der Waals surface area contributed by atoms with Crippen LogP contribution < -0.4 is 16.5 Å². The standard InChI is InChI=1S/C17H17BFN5O4/c19-13-4-11(3-10-7-28-18(26)15(10)13)22-17-12(16(21)25)6-24(23-17)14-8-27-2-1-9(14)5-20/h3-4,6,9,14,26H,1-2,7-8H2,(H2,21,25)(H,22,23)/t9-,14+/m1/s1. The summed E-state index contributed by atoms with van der Waals surface area (Å²) in [6, 6.07) is 4.68. The Morgan fingerprint density at radius 2 is 2.36 bits per heavy atom. The summed E-state index contributed by atoms with van der Waals surface area (Å²) < 4.78 is 26.3. The van der Waals surface area contributed by atoms with Gasteiger partial charge in [-0.05, 0) is 24.1 Å². The average molecular weight is 385 g/mol. The lowest BCUT2D eigenvalue weighted by Crippen LogP contribution is -2.31. The molecule has 0 radical (unpaired) electrons. The summed E-state index contributed by atoms with van der Waals surface area (Å²) in [5.74, 6) is -1.50. The molecule has 1 aromatic carbocycles. The molecule has 2 aromatic rings. The highest BCUT2D eigenvalue weighted by atomic mass is 19.1. The van der Waals surface area contributed by atoms with Crippen LogP contribution in [-0.4, -0.2) is 41.0 Å². The zero-order valence-electron chi connectivity index (χ0n) is 14.8. The Hall–Kier alpha value is -2.94. The number of fused-ring (bicyclic) bond motifs is 1. The number of primary amides is 1. The van der Waals surface area contributed by atoms with Crippen molar-refractivity contribution in [3.05, 3.63) is 35.3 Å². The highest BCUT2D eigenvalue weighted by Gasteiger charge is 2.32. The van der Waals surface area contributed by atoms with Gasteiger partial charge in [0.1, 0.15) is 11.4 Å². The molecule has 2 aliphatic rings. The van der Waals surface area contributed by atoms with Gasteiger partial charge in [0.15, 0.2) is 5.82 Å². The van der Waals surface area contributed by atoms with Crippen LogP contribution in [0.15, 0.2) is 18.3 Å². The molecule has 1 saturated heterocycles. The monoisotopic (exact) mass is 385 g/mol. The molecule has 0 aliphatic carbocycles. The normalized spacial score (nSPS) is 21.2. The molecule has 1 aromatic heterocycles. The van der Waals surface area contributed by atoms with Crippen LogP contribution >= 0.6 is 0 Å². The number of ether oxygens (including phenoxy) is 1. The van der Waals surface area contributed by atoms with E-state index in [1.54, 1.807) is 6.07 Å². The molecule has 4 rings (SSSR count). The Balaban J connectivity index is 1.67. The van der Waals surface area contributed by atoms with Gasteiger partial charge in [-0.1, -0.05) is 0 Å². The van der Waals surface area contributed by atoms with Gasteiger partial charge in [-0.15, -0.1) is 0 Å². The van der Waals surface area contributed by atoms with E-state index in [0.29, 0.717) is 30.9 Å². The Bertz CT molecular complexity index is 975. The maximum atomic E-state index is 14.3. The van der Waals surface area contributed by atoms with Crippen molar-refractivity contribution < 1.29 is 23.6 Å². The van der Waals surface area contributed by atoms with E-state index in [-0.39, 0.29) is 35.4 Å². The molecule has 0 bridgehead atoms. The fourth-order valence-corrected chi connectivity index (χ4v) is 3.50. The van der Waals surface area contributed by atoms with Gasteiger partial charge < -0.3 is 25.5 Å². The minimum absolute atomic E-state index is 0.0727. The molecule has 0 saturated carbocycles. The molecule has 144 valence electrons. The average Bonchev–Trinajstić information content (AvgIpc) is 3.26. The van der Waals surface area contributed by atoms with Gasteiger partial charge in [-0.3, -0.25) is 9.48 Å². The SMILES string of the molecule is N#C[C@H]1CCOC[C@@H]1n1cc(C(N)=O)c(Nc2cc(F)c3c(c2)COB3O)n1. The molecule has 28 heavy (non-hydrogen) atoms. The largest absolute Gasteiger partial charge is 0.494 e. The molecule has 9 nitrogen and oxygen atoms in total. The molecular weight excluding hydrogens is 368 g/mol. The number of carbonyl (C=O) groups excluding carboxylic acids is 1. The van der Waals surface area contributed by atoms with Crippen molar-refractivity contribution >= 4 is 30.0 Å². The molecule has 1 amide bonds. The second kappa shape index (κ2) is 7.24. The number of carbonyl (C=O) groups is 1. The third kappa shape index (κ3) is 3.22. The number of nitriles is 1. The zero-order valence-corrected chi connectivity index (χ0v) is 14.8. The number of nitrogens with one attached hydrogen (secondary N) is 1. The quantitative estimate of drug-likeness (QED) is 0.639. The number of rotatable bonds is 4. The maximum Gasteiger partial charge on any atom is 0.494 e. The first-order valence-electron chi connectivity index (χ1n) is 8.73. The van der Waals surface area contributed by atoms with Gasteiger partial charge in [0.25, 0.3) is 5.91 Å². The van der Waals surface area contributed by atoms with E-state index < -0.39 is 18.8 Å². The molecule has 2 atom stereocenters. The number of anilines is 2. The third-order valence-electron chi connectivity index (χ3n) is 4.95. The molecular formula is C17H17BFN5O4. The lowest BCUT2D eigenvalue weighted by molar-refractivity contribution is 0.0342.